The van der Waals surface area contributed by atoms with E-state index in [4.69, 9.17) is 5.11 Å². The maximum Gasteiger partial charge on any atom is 0.331 e. The summed E-state index contributed by atoms with van der Waals surface area (Å²) in [6, 6.07) is 0. The van der Waals surface area contributed by atoms with Crippen molar-refractivity contribution >= 4 is 5.97 Å². The first-order chi connectivity index (χ1) is 5.66. The molecule has 1 atom stereocenters. The third-order valence-corrected chi connectivity index (χ3v) is 2.68. The number of rotatable bonds is 2. The Morgan fingerprint density at radius 2 is 2.33 bits per heavy atom. The molecule has 2 heteroatoms. The van der Waals surface area contributed by atoms with Crippen molar-refractivity contribution in [1.82, 2.24) is 0 Å². The van der Waals surface area contributed by atoms with Crippen molar-refractivity contribution in [3.63, 3.8) is 0 Å². The topological polar surface area (TPSA) is 37.3 Å². The number of carbonyl (C=O) groups is 1. The highest BCUT2D eigenvalue weighted by Gasteiger charge is 2.22. The van der Waals surface area contributed by atoms with Crippen LogP contribution in [0.4, 0.5) is 0 Å². The molecule has 68 valence electrons. The molecule has 0 spiro atoms. The van der Waals surface area contributed by atoms with Crippen molar-refractivity contribution < 1.29 is 9.90 Å². The minimum atomic E-state index is -0.721. The molecule has 0 radical (unpaired) electrons. The molecule has 1 saturated carbocycles. The van der Waals surface area contributed by atoms with Gasteiger partial charge < -0.3 is 5.11 Å². The van der Waals surface area contributed by atoms with Gasteiger partial charge in [-0.2, -0.15) is 0 Å². The Labute approximate surface area is 73.3 Å². The van der Waals surface area contributed by atoms with Gasteiger partial charge in [-0.05, 0) is 31.6 Å². The van der Waals surface area contributed by atoms with Gasteiger partial charge in [-0.15, -0.1) is 0 Å². The smallest absolute Gasteiger partial charge is 0.331 e. The monoisotopic (exact) mass is 168 g/mol. The summed E-state index contributed by atoms with van der Waals surface area (Å²) in [7, 11) is 0. The zero-order chi connectivity index (χ0) is 9.14. The first kappa shape index (κ1) is 9.30. The van der Waals surface area contributed by atoms with E-state index in [0.29, 0.717) is 17.9 Å². The summed E-state index contributed by atoms with van der Waals surface area (Å²) in [5.74, 6) is -0.225. The van der Waals surface area contributed by atoms with Gasteiger partial charge in [0, 0.05) is 5.57 Å². The summed E-state index contributed by atoms with van der Waals surface area (Å²) in [5, 5.41) is 8.89. The van der Waals surface area contributed by atoms with Gasteiger partial charge in [0.1, 0.15) is 0 Å². The summed E-state index contributed by atoms with van der Waals surface area (Å²) in [5.41, 5.74) is 1.84. The number of carboxylic acids is 1. The Hall–Kier alpha value is -0.790. The van der Waals surface area contributed by atoms with E-state index >= 15 is 0 Å². The van der Waals surface area contributed by atoms with Crippen molar-refractivity contribution in [2.45, 2.75) is 39.5 Å². The number of hydrogen-bond donors (Lipinski definition) is 1. The van der Waals surface area contributed by atoms with Crippen LogP contribution >= 0.6 is 0 Å². The molecule has 0 bridgehead atoms. The van der Waals surface area contributed by atoms with Gasteiger partial charge in [-0.25, -0.2) is 4.79 Å². The fraction of sp³-hybridized carbons (Fsp3) is 0.700. The van der Waals surface area contributed by atoms with Crippen molar-refractivity contribution in [3.8, 4) is 0 Å². The molecular formula is C10H16O2. The maximum absolute atomic E-state index is 10.8. The first-order valence-corrected chi connectivity index (χ1v) is 4.62. The average molecular weight is 168 g/mol. The quantitative estimate of drug-likeness (QED) is 0.643. The van der Waals surface area contributed by atoms with Gasteiger partial charge in [-0.1, -0.05) is 19.4 Å². The number of carboxylic acid groups (broad SMARTS) is 1. The van der Waals surface area contributed by atoms with Crippen LogP contribution in [0.3, 0.4) is 0 Å². The summed E-state index contributed by atoms with van der Waals surface area (Å²) in [4.78, 5) is 10.8. The summed E-state index contributed by atoms with van der Waals surface area (Å²) in [6.07, 6.45) is 3.98. The molecule has 2 nitrogen and oxygen atoms in total. The lowest BCUT2D eigenvalue weighted by Crippen LogP contribution is -2.05. The van der Waals surface area contributed by atoms with Crippen LogP contribution in [0.2, 0.25) is 0 Å². The minimum absolute atomic E-state index is 0.496. The molecule has 12 heavy (non-hydrogen) atoms. The van der Waals surface area contributed by atoms with Crippen molar-refractivity contribution in [2.24, 2.45) is 5.92 Å². The largest absolute Gasteiger partial charge is 0.478 e. The highest BCUT2D eigenvalue weighted by molar-refractivity contribution is 5.87. The third-order valence-electron chi connectivity index (χ3n) is 2.68. The van der Waals surface area contributed by atoms with Crippen molar-refractivity contribution in [1.29, 1.82) is 0 Å². The zero-order valence-corrected chi connectivity index (χ0v) is 7.76. The normalized spacial score (nSPS) is 27.3. The second-order valence-corrected chi connectivity index (χ2v) is 3.46. The predicted molar refractivity (Wildman–Crippen MR) is 48.0 cm³/mol. The van der Waals surface area contributed by atoms with Gasteiger partial charge in [0.25, 0.3) is 0 Å². The first-order valence-electron chi connectivity index (χ1n) is 4.62. The van der Waals surface area contributed by atoms with E-state index < -0.39 is 5.97 Å². The van der Waals surface area contributed by atoms with Crippen LogP contribution < -0.4 is 0 Å². The standard InChI is InChI=1S/C10H16O2/c1-3-8(10(11)12)9-6-4-5-7(9)2/h7H,3-6H2,1-2H3,(H,11,12)/b9-8-. The average Bonchev–Trinajstić information content (AvgIpc) is 2.38. The van der Waals surface area contributed by atoms with Crippen LogP contribution in [0.15, 0.2) is 11.1 Å². The molecule has 0 aromatic heterocycles. The molecule has 0 saturated heterocycles. The lowest BCUT2D eigenvalue weighted by atomic mass is 9.97. The SMILES string of the molecule is CC/C(C(=O)O)=C1\CCCC1C. The van der Waals surface area contributed by atoms with Gasteiger partial charge in [0.05, 0.1) is 0 Å². The minimum Gasteiger partial charge on any atom is -0.478 e. The summed E-state index contributed by atoms with van der Waals surface area (Å²) >= 11 is 0. The molecule has 1 unspecified atom stereocenters. The van der Waals surface area contributed by atoms with Crippen LogP contribution in [0.5, 0.6) is 0 Å². The van der Waals surface area contributed by atoms with E-state index in [0.717, 1.165) is 19.3 Å². The van der Waals surface area contributed by atoms with E-state index in [9.17, 15) is 4.79 Å². The zero-order valence-electron chi connectivity index (χ0n) is 7.76. The van der Waals surface area contributed by atoms with Gasteiger partial charge in [0.2, 0.25) is 0 Å². The lowest BCUT2D eigenvalue weighted by Gasteiger charge is -2.08. The number of aliphatic carboxylic acids is 1. The van der Waals surface area contributed by atoms with Crippen LogP contribution in [0.25, 0.3) is 0 Å². The fourth-order valence-corrected chi connectivity index (χ4v) is 1.98. The second kappa shape index (κ2) is 3.74. The predicted octanol–water partition coefficient (Wildman–Crippen LogP) is 2.60. The van der Waals surface area contributed by atoms with E-state index in [1.54, 1.807) is 0 Å². The van der Waals surface area contributed by atoms with E-state index in [1.807, 2.05) is 6.92 Å². The van der Waals surface area contributed by atoms with Crippen LogP contribution in [0.1, 0.15) is 39.5 Å². The van der Waals surface area contributed by atoms with Crippen LogP contribution in [-0.4, -0.2) is 11.1 Å². The molecule has 0 aromatic rings. The number of allylic oxidation sites excluding steroid dienone is 1. The number of hydrogen-bond acceptors (Lipinski definition) is 1. The molecule has 0 amide bonds. The van der Waals surface area contributed by atoms with E-state index in [1.165, 1.54) is 5.57 Å². The van der Waals surface area contributed by atoms with Gasteiger partial charge in [-0.3, -0.25) is 0 Å². The molecule has 1 rings (SSSR count). The van der Waals surface area contributed by atoms with Crippen LogP contribution in [-0.2, 0) is 4.79 Å². The van der Waals surface area contributed by atoms with E-state index in [2.05, 4.69) is 6.92 Å². The Morgan fingerprint density at radius 1 is 1.67 bits per heavy atom. The lowest BCUT2D eigenvalue weighted by molar-refractivity contribution is -0.132. The van der Waals surface area contributed by atoms with Gasteiger partial charge >= 0.3 is 5.97 Å². The molecule has 1 fully saturated rings. The van der Waals surface area contributed by atoms with Crippen molar-refractivity contribution in [3.05, 3.63) is 11.1 Å². The second-order valence-electron chi connectivity index (χ2n) is 3.46. The Morgan fingerprint density at radius 3 is 2.67 bits per heavy atom. The molecular weight excluding hydrogens is 152 g/mol. The molecule has 0 aliphatic heterocycles. The highest BCUT2D eigenvalue weighted by atomic mass is 16.4. The Balaban J connectivity index is 2.91. The van der Waals surface area contributed by atoms with Crippen molar-refractivity contribution in [2.75, 3.05) is 0 Å². The third kappa shape index (κ3) is 1.68. The molecule has 1 aliphatic carbocycles. The highest BCUT2D eigenvalue weighted by Crippen LogP contribution is 2.33. The Bertz CT molecular complexity index is 216. The van der Waals surface area contributed by atoms with Crippen LogP contribution in [0, 0.1) is 5.92 Å². The Kier molecular flexibility index (Phi) is 2.90. The molecule has 0 aromatic carbocycles. The maximum atomic E-state index is 10.8. The van der Waals surface area contributed by atoms with E-state index in [-0.39, 0.29) is 0 Å². The molecule has 1 aliphatic rings. The molecule has 1 N–H and O–H groups in total. The fourth-order valence-electron chi connectivity index (χ4n) is 1.98. The summed E-state index contributed by atoms with van der Waals surface area (Å²) < 4.78 is 0. The van der Waals surface area contributed by atoms with Gasteiger partial charge in [0.15, 0.2) is 0 Å². The molecule has 0 heterocycles. The summed E-state index contributed by atoms with van der Waals surface area (Å²) in [6.45, 7) is 4.04.